The van der Waals surface area contributed by atoms with Crippen LogP contribution in [0.25, 0.3) is 0 Å². The van der Waals surface area contributed by atoms with Gasteiger partial charge < -0.3 is 24.2 Å². The summed E-state index contributed by atoms with van der Waals surface area (Å²) < 4.78 is 39.2. The summed E-state index contributed by atoms with van der Waals surface area (Å²) >= 11 is 0. The topological polar surface area (TPSA) is 155 Å². The van der Waals surface area contributed by atoms with Gasteiger partial charge in [0.2, 0.25) is 0 Å². The number of ether oxygens (including phenoxy) is 3. The lowest BCUT2D eigenvalue weighted by Crippen LogP contribution is -2.30. The molecule has 0 aliphatic rings. The number of hydrogen-bond donors (Lipinski definition) is 2. The van der Waals surface area contributed by atoms with Gasteiger partial charge in [0.25, 0.3) is 0 Å². The van der Waals surface area contributed by atoms with Crippen LogP contribution in [0, 0.1) is 0 Å². The second kappa shape index (κ2) is 48.1. The fraction of sp³-hybridized carbons (Fsp3) is 0.685. The average molecular weight is 947 g/mol. The van der Waals surface area contributed by atoms with Gasteiger partial charge in [0.15, 0.2) is 6.10 Å². The monoisotopic (exact) mass is 947 g/mol. The van der Waals surface area contributed by atoms with Crippen LogP contribution in [-0.4, -0.2) is 66.5 Å². The Hall–Kier alpha value is -3.34. The Bertz CT molecular complexity index is 1430. The van der Waals surface area contributed by atoms with E-state index in [9.17, 15) is 28.9 Å². The van der Waals surface area contributed by atoms with E-state index in [1.165, 1.54) is 32.1 Å². The number of esters is 3. The molecule has 2 N–H and O–H groups in total. The molecule has 378 valence electrons. The van der Waals surface area contributed by atoms with Crippen LogP contribution in [0.2, 0.25) is 0 Å². The summed E-state index contributed by atoms with van der Waals surface area (Å²) in [5.41, 5.74) is 0. The van der Waals surface area contributed by atoms with Crippen molar-refractivity contribution in [1.29, 1.82) is 0 Å². The number of phosphoric ester groups is 1. The zero-order chi connectivity index (χ0) is 48.4. The summed E-state index contributed by atoms with van der Waals surface area (Å²) in [6.45, 7) is 4.33. The van der Waals surface area contributed by atoms with E-state index in [0.717, 1.165) is 103 Å². The van der Waals surface area contributed by atoms with Gasteiger partial charge in [-0.1, -0.05) is 183 Å². The van der Waals surface area contributed by atoms with Crippen molar-refractivity contribution in [2.75, 3.05) is 26.4 Å². The van der Waals surface area contributed by atoms with Gasteiger partial charge in [0.1, 0.15) is 12.7 Å². The predicted octanol–water partition coefficient (Wildman–Crippen LogP) is 14.4. The van der Waals surface area contributed by atoms with Gasteiger partial charge in [0, 0.05) is 19.3 Å². The number of phosphoric acid groups is 1. The fourth-order valence-electron chi connectivity index (χ4n) is 6.43. The predicted molar refractivity (Wildman–Crippen MR) is 270 cm³/mol. The van der Waals surface area contributed by atoms with E-state index in [0.29, 0.717) is 25.7 Å². The van der Waals surface area contributed by atoms with Crippen LogP contribution in [0.1, 0.15) is 201 Å². The lowest BCUT2D eigenvalue weighted by Gasteiger charge is -2.21. The second-order valence-corrected chi connectivity index (χ2v) is 18.1. The summed E-state index contributed by atoms with van der Waals surface area (Å²) in [7, 11) is -4.75. The molecular weight excluding hydrogens is 856 g/mol. The number of rotatable bonds is 46. The summed E-state index contributed by atoms with van der Waals surface area (Å²) in [6, 6.07) is 0. The molecule has 0 aromatic carbocycles. The fourth-order valence-corrected chi connectivity index (χ4v) is 7.21. The number of aliphatic hydroxyl groups is 1. The first kappa shape index (κ1) is 62.7. The van der Waals surface area contributed by atoms with E-state index in [1.807, 2.05) is 6.08 Å². The molecular formula is C54H91O11P. The molecule has 0 bridgehead atoms. The highest BCUT2D eigenvalue weighted by atomic mass is 31.2. The van der Waals surface area contributed by atoms with E-state index in [1.54, 1.807) is 0 Å². The molecule has 11 nitrogen and oxygen atoms in total. The number of unbranched alkanes of at least 4 members (excludes halogenated alkanes) is 15. The summed E-state index contributed by atoms with van der Waals surface area (Å²) in [4.78, 5) is 48.2. The lowest BCUT2D eigenvalue weighted by molar-refractivity contribution is -0.161. The van der Waals surface area contributed by atoms with Gasteiger partial charge in [-0.25, -0.2) is 4.57 Å². The largest absolute Gasteiger partial charge is 0.472 e. The van der Waals surface area contributed by atoms with E-state index >= 15 is 0 Å². The zero-order valence-corrected chi connectivity index (χ0v) is 42.3. The van der Waals surface area contributed by atoms with Crippen LogP contribution in [-0.2, 0) is 42.2 Å². The third-order valence-corrected chi connectivity index (χ3v) is 11.2. The third-order valence-electron chi connectivity index (χ3n) is 10.3. The Morgan fingerprint density at radius 3 is 1.32 bits per heavy atom. The molecule has 0 rings (SSSR count). The molecule has 0 saturated heterocycles. The maximum absolute atomic E-state index is 12.8. The molecule has 0 heterocycles. The van der Waals surface area contributed by atoms with Crippen molar-refractivity contribution in [3.05, 3.63) is 85.1 Å². The van der Waals surface area contributed by atoms with Crippen molar-refractivity contribution >= 4 is 25.7 Å². The number of hydrogen-bond acceptors (Lipinski definition) is 10. The summed E-state index contributed by atoms with van der Waals surface area (Å²) in [5, 5.41) is 9.74. The Labute approximate surface area is 400 Å². The SMILES string of the molecule is CC/C=C\C/C=C\C/C=C\C/C=C\C/C=C\CCCC(=O)OCC(COP(=O)(O)OCC(CO)OC(=O)CCCCCCCCCCC)OC(=O)CCCCCCC/C=C\C/C=C\CCC. The maximum atomic E-state index is 12.8. The van der Waals surface area contributed by atoms with Crippen LogP contribution in [0.5, 0.6) is 0 Å². The standard InChI is InChI=1S/C54H91O11P/c1-4-7-10-13-16-19-21-23-24-25-26-28-29-32-34-37-40-43-52(56)61-47-51(65-54(58)45-42-39-36-33-30-27-22-20-17-14-11-8-5-2)49-63-66(59,60)62-48-50(46-55)64-53(57)44-41-38-35-31-18-15-12-9-6-3/h7,10-11,14,16,19-20,22-24,26,28,32,34,50-51,55H,4-6,8-9,12-13,15,17-18,21,25,27,29-31,33,35-49H2,1-3H3,(H,59,60)/b10-7-,14-11-,19-16-,22-20-,24-23-,28-26-,34-32-. The molecule has 3 atom stereocenters. The number of carbonyl (C=O) groups excluding carboxylic acids is 3. The second-order valence-electron chi connectivity index (χ2n) is 16.6. The molecule has 0 spiro atoms. The lowest BCUT2D eigenvalue weighted by atomic mass is 10.1. The highest BCUT2D eigenvalue weighted by molar-refractivity contribution is 7.47. The van der Waals surface area contributed by atoms with Gasteiger partial charge in [0.05, 0.1) is 19.8 Å². The van der Waals surface area contributed by atoms with Gasteiger partial charge in [-0.3, -0.25) is 23.4 Å². The normalized spacial score (nSPS) is 14.2. The highest BCUT2D eigenvalue weighted by Gasteiger charge is 2.28. The van der Waals surface area contributed by atoms with Crippen molar-refractivity contribution in [2.24, 2.45) is 0 Å². The van der Waals surface area contributed by atoms with E-state index < -0.39 is 57.8 Å². The minimum absolute atomic E-state index is 0.136. The molecule has 0 aromatic rings. The van der Waals surface area contributed by atoms with Crippen LogP contribution in [0.15, 0.2) is 85.1 Å². The number of carbonyl (C=O) groups is 3. The smallest absolute Gasteiger partial charge is 0.462 e. The summed E-state index contributed by atoms with van der Waals surface area (Å²) in [5.74, 6) is -1.56. The zero-order valence-electron chi connectivity index (χ0n) is 41.4. The van der Waals surface area contributed by atoms with Crippen molar-refractivity contribution in [1.82, 2.24) is 0 Å². The van der Waals surface area contributed by atoms with Crippen LogP contribution in [0.3, 0.4) is 0 Å². The number of allylic oxidation sites excluding steroid dienone is 14. The van der Waals surface area contributed by atoms with Crippen LogP contribution in [0.4, 0.5) is 0 Å². The van der Waals surface area contributed by atoms with E-state index in [2.05, 4.69) is 99.8 Å². The van der Waals surface area contributed by atoms with Gasteiger partial charge in [-0.05, 0) is 83.5 Å². The van der Waals surface area contributed by atoms with Crippen molar-refractivity contribution in [3.8, 4) is 0 Å². The first-order valence-corrected chi connectivity index (χ1v) is 27.0. The highest BCUT2D eigenvalue weighted by Crippen LogP contribution is 2.43. The maximum Gasteiger partial charge on any atom is 0.472 e. The third kappa shape index (κ3) is 45.8. The Balaban J connectivity index is 4.86. The molecule has 0 saturated carbocycles. The first-order chi connectivity index (χ1) is 32.2. The Morgan fingerprint density at radius 1 is 0.439 bits per heavy atom. The molecule has 0 aliphatic carbocycles. The van der Waals surface area contributed by atoms with E-state index in [4.69, 9.17) is 23.3 Å². The molecule has 0 fully saturated rings. The quantitative estimate of drug-likeness (QED) is 0.0197. The first-order valence-electron chi connectivity index (χ1n) is 25.5. The summed E-state index contributed by atoms with van der Waals surface area (Å²) in [6.07, 6.45) is 52.8. The molecule has 66 heavy (non-hydrogen) atoms. The Kier molecular flexibility index (Phi) is 45.7. The van der Waals surface area contributed by atoms with Gasteiger partial charge in [-0.15, -0.1) is 0 Å². The van der Waals surface area contributed by atoms with Crippen LogP contribution < -0.4 is 0 Å². The Morgan fingerprint density at radius 2 is 0.833 bits per heavy atom. The average Bonchev–Trinajstić information content (AvgIpc) is 3.30. The molecule has 0 amide bonds. The van der Waals surface area contributed by atoms with Crippen molar-refractivity contribution < 1.29 is 52.2 Å². The van der Waals surface area contributed by atoms with E-state index in [-0.39, 0.29) is 25.9 Å². The molecule has 12 heteroatoms. The van der Waals surface area contributed by atoms with Crippen molar-refractivity contribution in [3.63, 3.8) is 0 Å². The van der Waals surface area contributed by atoms with Gasteiger partial charge in [-0.2, -0.15) is 0 Å². The molecule has 0 radical (unpaired) electrons. The number of aliphatic hydroxyl groups excluding tert-OH is 1. The minimum atomic E-state index is -4.75. The van der Waals surface area contributed by atoms with Crippen molar-refractivity contribution in [2.45, 2.75) is 213 Å². The molecule has 0 aliphatic heterocycles. The minimum Gasteiger partial charge on any atom is -0.462 e. The van der Waals surface area contributed by atoms with Gasteiger partial charge >= 0.3 is 25.7 Å². The van der Waals surface area contributed by atoms with Crippen LogP contribution >= 0.6 is 7.82 Å². The molecule has 3 unspecified atom stereocenters. The molecule has 0 aromatic heterocycles.